The molecule has 386 valence electrons. The molecule has 4 heterocycles. The summed E-state index contributed by atoms with van der Waals surface area (Å²) in [4.78, 5) is 88.5. The average molecular weight is 1010 g/mol. The van der Waals surface area contributed by atoms with Gasteiger partial charge in [-0.05, 0) is 91.7 Å². The second-order valence-corrected chi connectivity index (χ2v) is 21.2. The lowest BCUT2D eigenvalue weighted by molar-refractivity contribution is -0.144. The highest BCUT2D eigenvalue weighted by atomic mass is 32.1. The normalized spacial score (nSPS) is 19.8. The van der Waals surface area contributed by atoms with E-state index in [1.54, 1.807) is 37.6 Å². The predicted octanol–water partition coefficient (Wildman–Crippen LogP) is 5.23. The zero-order valence-corrected chi connectivity index (χ0v) is 42.3. The summed E-state index contributed by atoms with van der Waals surface area (Å²) in [5.74, 6) is -4.75. The maximum Gasteiger partial charge on any atom is 0.246 e. The van der Waals surface area contributed by atoms with Crippen LogP contribution in [0.1, 0.15) is 113 Å². The number of nitrogens with one attached hydrogen (secondary N) is 3. The van der Waals surface area contributed by atoms with Crippen LogP contribution in [0.15, 0.2) is 60.1 Å². The number of nitrogens with two attached hydrogens (primary N) is 2. The number of aliphatic hydroxyl groups is 1. The van der Waals surface area contributed by atoms with Crippen molar-refractivity contribution in [3.63, 3.8) is 0 Å². The number of primary amides is 1. The Morgan fingerprint density at radius 1 is 0.958 bits per heavy atom. The number of β-amino-alcohol motifs (C(OH)–C–C–N with tert-alkyl or cyclic N) is 1. The van der Waals surface area contributed by atoms with Crippen molar-refractivity contribution < 1.29 is 47.4 Å². The van der Waals surface area contributed by atoms with Crippen molar-refractivity contribution in [3.8, 4) is 16.2 Å². The van der Waals surface area contributed by atoms with Crippen molar-refractivity contribution >= 4 is 52.5 Å². The van der Waals surface area contributed by atoms with Crippen molar-refractivity contribution in [1.82, 2.24) is 25.8 Å². The minimum atomic E-state index is -1.01. The molecule has 7 rings (SSSR count). The van der Waals surface area contributed by atoms with Gasteiger partial charge >= 0.3 is 0 Å². The Balaban J connectivity index is 0.901. The van der Waals surface area contributed by atoms with Crippen molar-refractivity contribution in [2.75, 3.05) is 18.1 Å². The van der Waals surface area contributed by atoms with Crippen LogP contribution in [0, 0.1) is 24.0 Å². The summed E-state index contributed by atoms with van der Waals surface area (Å²) in [6.45, 7) is 8.81. The van der Waals surface area contributed by atoms with Gasteiger partial charge in [0.2, 0.25) is 35.4 Å². The number of unbranched alkanes of at least 4 members (excludes halogenated alkanes) is 2. The Morgan fingerprint density at radius 3 is 2.38 bits per heavy atom. The van der Waals surface area contributed by atoms with Crippen LogP contribution in [0.2, 0.25) is 0 Å². The van der Waals surface area contributed by atoms with E-state index in [4.69, 9.17) is 16.2 Å². The smallest absolute Gasteiger partial charge is 0.246 e. The fourth-order valence-corrected chi connectivity index (χ4v) is 10.6. The molecule has 72 heavy (non-hydrogen) atoms. The minimum absolute atomic E-state index is 0.0332. The standard InChI is InChI=1S/C53H66F2N8O8S/c1-29(31-14-16-33(17-15-31)47-30(2)58-28-72-47)59-49(67)40-25-38(64)26-62(40)52(70)48(53(3,4)5)61-44(66)13-8-6-7-10-34-22-36(54)24-42(45(34)55)71-27-37(19-21-43(57)65)60-50(68)41-23-35-12-9-11-32-18-20-39(56)51(69)63(41)46(32)35/h9,11-12,14-17,22,24,28-29,37-41,48,64H,6-8,10,13,18-21,23,25-27,56H2,1-5H3,(H2,57,65)(H,59,67)(H,60,68)(H,61,66)/t29-,37-,38+,39-,40-,41-,48+/m0/s1. The Hall–Kier alpha value is -6.31. The topological polar surface area (TPSA) is 239 Å². The summed E-state index contributed by atoms with van der Waals surface area (Å²) in [6.07, 6.45) is 1.64. The first-order valence-corrected chi connectivity index (χ1v) is 25.6. The van der Waals surface area contributed by atoms with Gasteiger partial charge in [-0.25, -0.2) is 13.8 Å². The maximum atomic E-state index is 15.9. The van der Waals surface area contributed by atoms with E-state index in [-0.39, 0.29) is 68.9 Å². The molecule has 0 saturated carbocycles. The maximum absolute atomic E-state index is 15.9. The summed E-state index contributed by atoms with van der Waals surface area (Å²) >= 11 is 1.55. The second kappa shape index (κ2) is 23.1. The van der Waals surface area contributed by atoms with E-state index < -0.39 is 88.9 Å². The minimum Gasteiger partial charge on any atom is -0.488 e. The lowest BCUT2D eigenvalue weighted by Gasteiger charge is -2.35. The molecule has 0 spiro atoms. The molecule has 3 aliphatic rings. The largest absolute Gasteiger partial charge is 0.488 e. The third kappa shape index (κ3) is 12.6. The molecule has 6 amide bonds. The number of carbonyl (C=O) groups excluding carboxylic acids is 6. The molecule has 0 unspecified atom stereocenters. The van der Waals surface area contributed by atoms with E-state index in [2.05, 4.69) is 20.9 Å². The number of anilines is 1. The molecule has 8 N–H and O–H groups in total. The van der Waals surface area contributed by atoms with Crippen LogP contribution >= 0.6 is 11.3 Å². The number of ether oxygens (including phenoxy) is 1. The summed E-state index contributed by atoms with van der Waals surface area (Å²) < 4.78 is 36.6. The SMILES string of the molecule is Cc1ncsc1-c1ccc([C@H](C)NC(=O)[C@@H]2C[C@@H](O)CN2C(=O)[C@@H](NC(=O)CCCCCc2cc(F)cc(OC[C@H](CCC(N)=O)NC(=O)[C@@H]3Cc4cccc5c4N3C(=O)[C@@H](N)CC5)c2F)C(C)(C)C)cc1. The van der Waals surface area contributed by atoms with E-state index in [9.17, 15) is 38.3 Å². The molecule has 0 aliphatic carbocycles. The Labute approximate surface area is 422 Å². The zero-order chi connectivity index (χ0) is 52.0. The van der Waals surface area contributed by atoms with E-state index in [1.807, 2.05) is 56.3 Å². The number of likely N-dealkylation sites (tertiary alicyclic amines) is 1. The van der Waals surface area contributed by atoms with Gasteiger partial charge in [-0.3, -0.25) is 33.7 Å². The molecule has 3 aliphatic heterocycles. The van der Waals surface area contributed by atoms with Gasteiger partial charge in [-0.15, -0.1) is 11.3 Å². The highest BCUT2D eigenvalue weighted by molar-refractivity contribution is 7.13. The van der Waals surface area contributed by atoms with Gasteiger partial charge in [0.05, 0.1) is 46.0 Å². The second-order valence-electron chi connectivity index (χ2n) is 20.3. The highest BCUT2D eigenvalue weighted by Crippen LogP contribution is 2.39. The fourth-order valence-electron chi connectivity index (χ4n) is 9.80. The molecule has 1 fully saturated rings. The number of para-hydroxylation sites is 1. The van der Waals surface area contributed by atoms with Crippen LogP contribution in [-0.2, 0) is 48.0 Å². The van der Waals surface area contributed by atoms with Crippen molar-refractivity contribution in [1.29, 1.82) is 0 Å². The summed E-state index contributed by atoms with van der Waals surface area (Å²) in [6, 6.07) is 10.5. The van der Waals surface area contributed by atoms with Crippen molar-refractivity contribution in [2.24, 2.45) is 16.9 Å². The number of aromatic nitrogens is 1. The Morgan fingerprint density at radius 2 is 1.68 bits per heavy atom. The first-order chi connectivity index (χ1) is 34.2. The van der Waals surface area contributed by atoms with Crippen molar-refractivity contribution in [2.45, 2.75) is 148 Å². The molecule has 1 aromatic heterocycles. The van der Waals surface area contributed by atoms with Gasteiger partial charge in [0.15, 0.2) is 11.6 Å². The predicted molar refractivity (Wildman–Crippen MR) is 268 cm³/mol. The average Bonchev–Trinajstić information content (AvgIpc) is 4.05. The molecule has 3 aromatic carbocycles. The van der Waals surface area contributed by atoms with E-state index >= 15 is 4.39 Å². The Bertz CT molecular complexity index is 2660. The number of hydrogen-bond acceptors (Lipinski definition) is 11. The number of amides is 6. The van der Waals surface area contributed by atoms with E-state index in [0.29, 0.717) is 37.8 Å². The monoisotopic (exact) mass is 1010 g/mol. The zero-order valence-electron chi connectivity index (χ0n) is 41.5. The first-order valence-electron chi connectivity index (χ1n) is 24.7. The van der Waals surface area contributed by atoms with Crippen LogP contribution in [-0.4, -0.2) is 99.9 Å². The van der Waals surface area contributed by atoms with Crippen molar-refractivity contribution in [3.05, 3.63) is 99.7 Å². The quantitative estimate of drug-likeness (QED) is 0.0631. The van der Waals surface area contributed by atoms with Gasteiger partial charge in [0.25, 0.3) is 0 Å². The molecule has 7 atom stereocenters. The number of thiazole rings is 1. The molecule has 0 radical (unpaired) electrons. The lowest BCUT2D eigenvalue weighted by Crippen LogP contribution is -2.57. The number of rotatable bonds is 20. The molecular formula is C53H66F2N8O8S. The van der Waals surface area contributed by atoms with Crippen LogP contribution in [0.25, 0.3) is 10.4 Å². The molecule has 19 heteroatoms. The van der Waals surface area contributed by atoms with Gasteiger partial charge < -0.3 is 42.2 Å². The van der Waals surface area contributed by atoms with E-state index in [0.717, 1.165) is 45.0 Å². The van der Waals surface area contributed by atoms with E-state index in [1.165, 1.54) is 9.80 Å². The third-order valence-electron chi connectivity index (χ3n) is 13.8. The number of nitrogens with zero attached hydrogens (tertiary/aromatic N) is 3. The Kier molecular flexibility index (Phi) is 17.1. The lowest BCUT2D eigenvalue weighted by atomic mass is 9.85. The molecule has 16 nitrogen and oxygen atoms in total. The number of benzene rings is 3. The first kappa shape index (κ1) is 53.5. The molecule has 4 aromatic rings. The molecular weight excluding hydrogens is 947 g/mol. The number of aliphatic hydroxyl groups excluding tert-OH is 1. The summed E-state index contributed by atoms with van der Waals surface area (Å²) in [5, 5.41) is 19.4. The van der Waals surface area contributed by atoms with Crippen LogP contribution in [0.3, 0.4) is 0 Å². The van der Waals surface area contributed by atoms with Gasteiger partial charge in [-0.1, -0.05) is 69.7 Å². The van der Waals surface area contributed by atoms with Gasteiger partial charge in [0.1, 0.15) is 30.5 Å². The fraction of sp³-hybridized carbons (Fsp3) is 0.491. The highest BCUT2D eigenvalue weighted by Gasteiger charge is 2.46. The summed E-state index contributed by atoms with van der Waals surface area (Å²) in [7, 11) is 0. The number of halogens is 2. The number of hydrogen-bond donors (Lipinski definition) is 6. The number of carbonyl (C=O) groups is 6. The van der Waals surface area contributed by atoms with Gasteiger partial charge in [-0.2, -0.15) is 0 Å². The van der Waals surface area contributed by atoms with Crippen LogP contribution in [0.4, 0.5) is 14.5 Å². The van der Waals surface area contributed by atoms with Gasteiger partial charge in [0, 0.05) is 38.3 Å². The summed E-state index contributed by atoms with van der Waals surface area (Å²) in [5.41, 5.74) is 18.0. The third-order valence-corrected chi connectivity index (χ3v) is 14.7. The number of aryl methyl sites for hydroxylation is 3. The molecule has 0 bridgehead atoms. The van der Waals surface area contributed by atoms with Crippen LogP contribution < -0.4 is 37.1 Å². The van der Waals surface area contributed by atoms with Crippen LogP contribution in [0.5, 0.6) is 5.75 Å². The molecule has 1 saturated heterocycles.